The van der Waals surface area contributed by atoms with Gasteiger partial charge in [0.15, 0.2) is 0 Å². The van der Waals surface area contributed by atoms with E-state index in [9.17, 15) is 4.79 Å². The lowest BCUT2D eigenvalue weighted by atomic mass is 10.4. The normalized spacial score (nSPS) is 12.7. The smallest absolute Gasteiger partial charge is 0.308 e. The van der Waals surface area contributed by atoms with Gasteiger partial charge in [-0.3, -0.25) is 4.79 Å². The van der Waals surface area contributed by atoms with E-state index in [1.54, 1.807) is 0 Å². The molecule has 0 fully saturated rings. The van der Waals surface area contributed by atoms with Gasteiger partial charge in [-0.05, 0) is 6.92 Å². The minimum absolute atomic E-state index is 0.00116. The fourth-order valence-corrected chi connectivity index (χ4v) is 0.377. The van der Waals surface area contributed by atoms with E-state index in [1.165, 1.54) is 6.92 Å². The molecular weight excluding hydrogens is 136 g/mol. The lowest BCUT2D eigenvalue weighted by molar-refractivity contribution is -0.147. The maximum atomic E-state index is 10.5. The van der Waals surface area contributed by atoms with Crippen molar-refractivity contribution in [2.45, 2.75) is 19.4 Å². The van der Waals surface area contributed by atoms with Gasteiger partial charge in [0.2, 0.25) is 0 Å². The SMILES string of the molecule is CC(O)COC(=O)CCO. The maximum Gasteiger partial charge on any atom is 0.308 e. The largest absolute Gasteiger partial charge is 0.463 e. The van der Waals surface area contributed by atoms with Crippen molar-refractivity contribution >= 4 is 5.97 Å². The monoisotopic (exact) mass is 148 g/mol. The van der Waals surface area contributed by atoms with Gasteiger partial charge in [-0.25, -0.2) is 0 Å². The highest BCUT2D eigenvalue weighted by Crippen LogP contribution is 1.87. The number of ether oxygens (including phenoxy) is 1. The lowest BCUT2D eigenvalue weighted by Crippen LogP contribution is -2.15. The van der Waals surface area contributed by atoms with Gasteiger partial charge in [0.05, 0.1) is 19.1 Å². The molecule has 0 aliphatic carbocycles. The minimum atomic E-state index is -0.636. The summed E-state index contributed by atoms with van der Waals surface area (Å²) in [4.78, 5) is 10.5. The van der Waals surface area contributed by atoms with Crippen molar-refractivity contribution in [1.82, 2.24) is 0 Å². The topological polar surface area (TPSA) is 66.8 Å². The molecule has 0 saturated carbocycles. The molecule has 1 unspecified atom stereocenters. The molecule has 2 N–H and O–H groups in total. The number of rotatable bonds is 4. The molecule has 0 heterocycles. The molecule has 4 nitrogen and oxygen atoms in total. The van der Waals surface area contributed by atoms with E-state index in [-0.39, 0.29) is 19.6 Å². The fourth-order valence-electron chi connectivity index (χ4n) is 0.377. The van der Waals surface area contributed by atoms with Crippen molar-refractivity contribution < 1.29 is 19.7 Å². The first-order chi connectivity index (χ1) is 4.66. The Hall–Kier alpha value is -0.610. The van der Waals surface area contributed by atoms with Crippen LogP contribution in [0.4, 0.5) is 0 Å². The first-order valence-corrected chi connectivity index (χ1v) is 3.11. The summed E-state index contributed by atoms with van der Waals surface area (Å²) >= 11 is 0. The first-order valence-electron chi connectivity index (χ1n) is 3.11. The van der Waals surface area contributed by atoms with E-state index < -0.39 is 12.1 Å². The number of carbonyl (C=O) groups excluding carboxylic acids is 1. The van der Waals surface area contributed by atoms with Crippen LogP contribution < -0.4 is 0 Å². The lowest BCUT2D eigenvalue weighted by Gasteiger charge is -2.04. The molecule has 0 saturated heterocycles. The summed E-state index contributed by atoms with van der Waals surface area (Å²) in [6.45, 7) is 1.31. The Morgan fingerprint density at radius 3 is 2.70 bits per heavy atom. The Balaban J connectivity index is 3.22. The van der Waals surface area contributed by atoms with Crippen molar-refractivity contribution in [3.05, 3.63) is 0 Å². The molecule has 4 heteroatoms. The standard InChI is InChI=1S/C6H12O4/c1-5(8)4-10-6(9)2-3-7/h5,7-8H,2-4H2,1H3. The van der Waals surface area contributed by atoms with Crippen LogP contribution in [0, 0.1) is 0 Å². The third-order valence-corrected chi connectivity index (χ3v) is 0.801. The zero-order chi connectivity index (χ0) is 7.98. The number of hydrogen-bond donors (Lipinski definition) is 2. The van der Waals surface area contributed by atoms with E-state index in [0.29, 0.717) is 0 Å². The molecule has 0 aromatic heterocycles. The molecular formula is C6H12O4. The van der Waals surface area contributed by atoms with Crippen molar-refractivity contribution in [2.75, 3.05) is 13.2 Å². The number of carbonyl (C=O) groups is 1. The molecule has 60 valence electrons. The summed E-state index contributed by atoms with van der Waals surface area (Å²) < 4.78 is 4.49. The van der Waals surface area contributed by atoms with E-state index in [1.807, 2.05) is 0 Å². The summed E-state index contributed by atoms with van der Waals surface area (Å²) in [5, 5.41) is 16.9. The van der Waals surface area contributed by atoms with Crippen LogP contribution in [0.15, 0.2) is 0 Å². The van der Waals surface area contributed by atoms with Gasteiger partial charge in [0, 0.05) is 0 Å². The fraction of sp³-hybridized carbons (Fsp3) is 0.833. The van der Waals surface area contributed by atoms with Gasteiger partial charge >= 0.3 is 5.97 Å². The Kier molecular flexibility index (Phi) is 4.88. The van der Waals surface area contributed by atoms with Crippen LogP contribution in [-0.4, -0.2) is 35.5 Å². The van der Waals surface area contributed by atoms with Crippen molar-refractivity contribution in [2.24, 2.45) is 0 Å². The van der Waals surface area contributed by atoms with Gasteiger partial charge in [-0.15, -0.1) is 0 Å². The van der Waals surface area contributed by atoms with Crippen molar-refractivity contribution in [3.63, 3.8) is 0 Å². The molecule has 0 bridgehead atoms. The summed E-state index contributed by atoms with van der Waals surface area (Å²) in [5.74, 6) is -0.483. The average molecular weight is 148 g/mol. The zero-order valence-electron chi connectivity index (χ0n) is 5.91. The summed E-state index contributed by atoms with van der Waals surface area (Å²) in [5.41, 5.74) is 0. The minimum Gasteiger partial charge on any atom is -0.463 e. The molecule has 0 aliphatic rings. The Labute approximate surface area is 59.4 Å². The van der Waals surface area contributed by atoms with Crippen molar-refractivity contribution in [1.29, 1.82) is 0 Å². The Morgan fingerprint density at radius 1 is 1.70 bits per heavy atom. The number of esters is 1. The van der Waals surface area contributed by atoms with Gasteiger partial charge in [0.25, 0.3) is 0 Å². The Morgan fingerprint density at radius 2 is 2.30 bits per heavy atom. The van der Waals surface area contributed by atoms with Gasteiger partial charge < -0.3 is 14.9 Å². The predicted octanol–water partition coefficient (Wildman–Crippen LogP) is -0.707. The summed E-state index contributed by atoms with van der Waals surface area (Å²) in [7, 11) is 0. The van der Waals surface area contributed by atoms with Crippen LogP contribution in [0.25, 0.3) is 0 Å². The molecule has 10 heavy (non-hydrogen) atoms. The predicted molar refractivity (Wildman–Crippen MR) is 34.3 cm³/mol. The van der Waals surface area contributed by atoms with Crippen LogP contribution in [0.1, 0.15) is 13.3 Å². The maximum absolute atomic E-state index is 10.5. The molecule has 0 radical (unpaired) electrons. The second-order valence-corrected chi connectivity index (χ2v) is 2.01. The second kappa shape index (κ2) is 5.20. The zero-order valence-corrected chi connectivity index (χ0v) is 5.91. The molecule has 0 spiro atoms. The first kappa shape index (κ1) is 9.39. The molecule has 0 aliphatic heterocycles. The third kappa shape index (κ3) is 5.53. The quantitative estimate of drug-likeness (QED) is 0.517. The van der Waals surface area contributed by atoms with Gasteiger partial charge in [-0.2, -0.15) is 0 Å². The van der Waals surface area contributed by atoms with Crippen LogP contribution in [0.3, 0.4) is 0 Å². The van der Waals surface area contributed by atoms with Gasteiger partial charge in [0.1, 0.15) is 6.61 Å². The number of aliphatic hydroxyl groups excluding tert-OH is 2. The highest BCUT2D eigenvalue weighted by Gasteiger charge is 2.02. The van der Waals surface area contributed by atoms with Crippen LogP contribution in [0.5, 0.6) is 0 Å². The third-order valence-electron chi connectivity index (χ3n) is 0.801. The van der Waals surface area contributed by atoms with Crippen LogP contribution >= 0.6 is 0 Å². The number of hydrogen-bond acceptors (Lipinski definition) is 4. The van der Waals surface area contributed by atoms with Crippen LogP contribution in [-0.2, 0) is 9.53 Å². The Bertz CT molecular complexity index is 99.9. The molecule has 0 rings (SSSR count). The number of aliphatic hydroxyl groups is 2. The highest BCUT2D eigenvalue weighted by atomic mass is 16.5. The highest BCUT2D eigenvalue weighted by molar-refractivity contribution is 5.69. The van der Waals surface area contributed by atoms with E-state index in [2.05, 4.69) is 4.74 Å². The average Bonchev–Trinajstić information content (AvgIpc) is 1.85. The molecule has 1 atom stereocenters. The molecule has 0 aromatic carbocycles. The molecule has 0 amide bonds. The molecule has 0 aromatic rings. The van der Waals surface area contributed by atoms with Crippen molar-refractivity contribution in [3.8, 4) is 0 Å². The van der Waals surface area contributed by atoms with Crippen LogP contribution in [0.2, 0.25) is 0 Å². The summed E-state index contributed by atoms with van der Waals surface area (Å²) in [6.07, 6.45) is -0.644. The second-order valence-electron chi connectivity index (χ2n) is 2.01. The summed E-state index contributed by atoms with van der Waals surface area (Å²) in [6, 6.07) is 0. The van der Waals surface area contributed by atoms with E-state index >= 15 is 0 Å². The van der Waals surface area contributed by atoms with Gasteiger partial charge in [-0.1, -0.05) is 0 Å². The van der Waals surface area contributed by atoms with E-state index in [0.717, 1.165) is 0 Å². The van der Waals surface area contributed by atoms with E-state index in [4.69, 9.17) is 10.2 Å².